The normalized spacial score (nSPS) is 27.6. The van der Waals surface area contributed by atoms with Crippen LogP contribution in [-0.4, -0.2) is 51.0 Å². The van der Waals surface area contributed by atoms with E-state index in [2.05, 4.69) is 23.3 Å². The summed E-state index contributed by atoms with van der Waals surface area (Å²) in [5.41, 5.74) is 2.83. The van der Waals surface area contributed by atoms with Gasteiger partial charge in [-0.2, -0.15) is 5.10 Å². The van der Waals surface area contributed by atoms with Crippen molar-refractivity contribution >= 4 is 17.5 Å². The van der Waals surface area contributed by atoms with Gasteiger partial charge in [0, 0.05) is 32.3 Å². The Morgan fingerprint density at radius 1 is 1.16 bits per heavy atom. The molecule has 0 radical (unpaired) electrons. The van der Waals surface area contributed by atoms with E-state index in [1.165, 1.54) is 24.0 Å². The van der Waals surface area contributed by atoms with E-state index in [0.717, 1.165) is 38.1 Å². The molecule has 1 saturated heterocycles. The molecule has 3 aliphatic rings. The standard InChI is InChI=1S/C24H30ClN3O3/c25-20-12-26-28(15-20)8-7-24(30)27-13-18-10-22(29)23(11-19(18)14-27)31-21-6-5-16-3-1-2-4-17(16)9-21/h5-6,9,12,15,18-19,22-23,29H,1-4,7-8,10-11,13-14H2/t18-,19+,22+,23+/m0/s1. The number of carbonyl (C=O) groups excluding carboxylic acids is 1. The second-order valence-corrected chi connectivity index (χ2v) is 9.76. The Balaban J connectivity index is 1.17. The number of likely N-dealkylation sites (tertiary alicyclic amines) is 1. The summed E-state index contributed by atoms with van der Waals surface area (Å²) >= 11 is 5.89. The van der Waals surface area contributed by atoms with Crippen LogP contribution in [0.1, 0.15) is 43.2 Å². The highest BCUT2D eigenvalue weighted by Gasteiger charge is 2.43. The van der Waals surface area contributed by atoms with Crippen LogP contribution in [0, 0.1) is 11.8 Å². The maximum Gasteiger partial charge on any atom is 0.224 e. The van der Waals surface area contributed by atoms with Crippen LogP contribution in [-0.2, 0) is 24.2 Å². The lowest BCUT2D eigenvalue weighted by molar-refractivity contribution is -0.130. The van der Waals surface area contributed by atoms with Gasteiger partial charge in [-0.05, 0) is 73.6 Å². The molecule has 7 heteroatoms. The molecular weight excluding hydrogens is 414 g/mol. The van der Waals surface area contributed by atoms with Gasteiger partial charge >= 0.3 is 0 Å². The quantitative estimate of drug-likeness (QED) is 0.768. The van der Waals surface area contributed by atoms with Crippen molar-refractivity contribution in [3.8, 4) is 5.75 Å². The summed E-state index contributed by atoms with van der Waals surface area (Å²) in [7, 11) is 0. The van der Waals surface area contributed by atoms with Gasteiger partial charge in [0.1, 0.15) is 11.9 Å². The first-order valence-corrected chi connectivity index (χ1v) is 11.8. The fourth-order valence-electron chi connectivity index (χ4n) is 5.51. The summed E-state index contributed by atoms with van der Waals surface area (Å²) in [5, 5.41) is 15.5. The second-order valence-electron chi connectivity index (χ2n) is 9.32. The number of nitrogens with zero attached hydrogens (tertiary/aromatic N) is 3. The molecule has 0 bridgehead atoms. The van der Waals surface area contributed by atoms with Crippen molar-refractivity contribution in [2.75, 3.05) is 13.1 Å². The van der Waals surface area contributed by atoms with Crippen LogP contribution in [0.3, 0.4) is 0 Å². The van der Waals surface area contributed by atoms with E-state index in [1.54, 1.807) is 17.1 Å². The van der Waals surface area contributed by atoms with Gasteiger partial charge in [0.25, 0.3) is 0 Å². The second kappa shape index (κ2) is 8.83. The fraction of sp³-hybridized carbons (Fsp3) is 0.583. The number of aliphatic hydroxyl groups excluding tert-OH is 1. The summed E-state index contributed by atoms with van der Waals surface area (Å²) in [5.74, 6) is 1.74. The predicted octanol–water partition coefficient (Wildman–Crippen LogP) is 3.48. The number of amides is 1. The third-order valence-corrected chi connectivity index (χ3v) is 7.40. The third kappa shape index (κ3) is 4.60. The smallest absolute Gasteiger partial charge is 0.224 e. The van der Waals surface area contributed by atoms with Gasteiger partial charge in [0.2, 0.25) is 5.91 Å². The number of hydrogen-bond donors (Lipinski definition) is 1. The molecule has 6 nitrogen and oxygen atoms in total. The van der Waals surface area contributed by atoms with E-state index in [4.69, 9.17) is 16.3 Å². The summed E-state index contributed by atoms with van der Waals surface area (Å²) in [6, 6.07) is 6.40. The Morgan fingerprint density at radius 2 is 1.94 bits per heavy atom. The number of aliphatic hydroxyl groups is 1. The highest BCUT2D eigenvalue weighted by Crippen LogP contribution is 2.38. The summed E-state index contributed by atoms with van der Waals surface area (Å²) in [4.78, 5) is 14.7. The van der Waals surface area contributed by atoms with E-state index >= 15 is 0 Å². The predicted molar refractivity (Wildman–Crippen MR) is 118 cm³/mol. The topological polar surface area (TPSA) is 67.6 Å². The zero-order valence-corrected chi connectivity index (χ0v) is 18.5. The minimum absolute atomic E-state index is 0.141. The minimum Gasteiger partial charge on any atom is -0.488 e. The number of ether oxygens (including phenoxy) is 1. The third-order valence-electron chi connectivity index (χ3n) is 7.20. The number of fused-ring (bicyclic) bond motifs is 2. The molecule has 31 heavy (non-hydrogen) atoms. The van der Waals surface area contributed by atoms with E-state index in [-0.39, 0.29) is 12.0 Å². The fourth-order valence-corrected chi connectivity index (χ4v) is 5.66. The van der Waals surface area contributed by atoms with Gasteiger partial charge in [-0.25, -0.2) is 0 Å². The van der Waals surface area contributed by atoms with E-state index < -0.39 is 6.10 Å². The van der Waals surface area contributed by atoms with Gasteiger partial charge < -0.3 is 14.7 Å². The van der Waals surface area contributed by atoms with Crippen LogP contribution >= 0.6 is 11.6 Å². The highest BCUT2D eigenvalue weighted by molar-refractivity contribution is 6.30. The van der Waals surface area contributed by atoms with Crippen molar-refractivity contribution in [2.24, 2.45) is 11.8 Å². The first-order valence-electron chi connectivity index (χ1n) is 11.5. The van der Waals surface area contributed by atoms with Gasteiger partial charge in [-0.15, -0.1) is 0 Å². The maximum absolute atomic E-state index is 12.7. The van der Waals surface area contributed by atoms with Gasteiger partial charge in [-0.3, -0.25) is 9.48 Å². The molecule has 1 aromatic carbocycles. The van der Waals surface area contributed by atoms with Crippen molar-refractivity contribution in [1.29, 1.82) is 0 Å². The van der Waals surface area contributed by atoms with E-state index in [0.29, 0.717) is 36.2 Å². The lowest BCUT2D eigenvalue weighted by atomic mass is 9.78. The molecule has 166 valence electrons. The van der Waals surface area contributed by atoms with Crippen LogP contribution in [0.2, 0.25) is 5.02 Å². The minimum atomic E-state index is -0.487. The number of halogens is 1. The van der Waals surface area contributed by atoms with E-state index in [1.807, 2.05) is 4.90 Å². The van der Waals surface area contributed by atoms with Gasteiger partial charge in [0.05, 0.1) is 17.3 Å². The number of aryl methyl sites for hydroxylation is 3. The van der Waals surface area contributed by atoms with Gasteiger partial charge in [0.15, 0.2) is 0 Å². The maximum atomic E-state index is 12.7. The lowest BCUT2D eigenvalue weighted by Gasteiger charge is -2.35. The molecule has 0 unspecified atom stereocenters. The highest BCUT2D eigenvalue weighted by atomic mass is 35.5. The SMILES string of the molecule is O=C(CCn1cc(Cl)cn1)N1C[C@H]2C[C@@H](Oc3ccc4c(c3)CCCC4)[C@H](O)C[C@H]2C1. The number of carbonyl (C=O) groups is 1. The Kier molecular flexibility index (Phi) is 5.93. The Labute approximate surface area is 188 Å². The molecule has 0 spiro atoms. The van der Waals surface area contributed by atoms with Crippen molar-refractivity contribution in [1.82, 2.24) is 14.7 Å². The molecule has 1 saturated carbocycles. The molecule has 2 aromatic rings. The van der Waals surface area contributed by atoms with Crippen LogP contribution in [0.4, 0.5) is 0 Å². The number of aromatic nitrogens is 2. The Morgan fingerprint density at radius 3 is 2.71 bits per heavy atom. The molecule has 2 aliphatic carbocycles. The summed E-state index contributed by atoms with van der Waals surface area (Å²) < 4.78 is 7.97. The number of benzene rings is 1. The molecule has 2 heterocycles. The molecule has 1 N–H and O–H groups in total. The molecule has 1 aliphatic heterocycles. The van der Waals surface area contributed by atoms with E-state index in [9.17, 15) is 9.90 Å². The summed E-state index contributed by atoms with van der Waals surface area (Å²) in [6.07, 6.45) is 9.30. The first kappa shape index (κ1) is 20.8. The average molecular weight is 444 g/mol. The Hall–Kier alpha value is -2.05. The molecular formula is C24H30ClN3O3. The summed E-state index contributed by atoms with van der Waals surface area (Å²) in [6.45, 7) is 2.01. The van der Waals surface area contributed by atoms with Crippen molar-refractivity contribution < 1.29 is 14.6 Å². The number of rotatable bonds is 5. The molecule has 1 aromatic heterocycles. The van der Waals surface area contributed by atoms with Crippen molar-refractivity contribution in [3.63, 3.8) is 0 Å². The largest absolute Gasteiger partial charge is 0.488 e. The Bertz CT molecular complexity index is 946. The average Bonchev–Trinajstić information content (AvgIpc) is 3.38. The zero-order valence-electron chi connectivity index (χ0n) is 17.8. The van der Waals surface area contributed by atoms with Crippen LogP contribution < -0.4 is 4.74 Å². The first-order chi connectivity index (χ1) is 15.0. The number of hydrogen-bond acceptors (Lipinski definition) is 4. The van der Waals surface area contributed by atoms with Crippen molar-refractivity contribution in [3.05, 3.63) is 46.7 Å². The molecule has 2 fully saturated rings. The van der Waals surface area contributed by atoms with Gasteiger partial charge in [-0.1, -0.05) is 17.7 Å². The van der Waals surface area contributed by atoms with Crippen LogP contribution in [0.25, 0.3) is 0 Å². The van der Waals surface area contributed by atoms with Crippen LogP contribution in [0.5, 0.6) is 5.75 Å². The van der Waals surface area contributed by atoms with Crippen LogP contribution in [0.15, 0.2) is 30.6 Å². The van der Waals surface area contributed by atoms with Crippen molar-refractivity contribution in [2.45, 2.75) is 63.7 Å². The molecule has 5 rings (SSSR count). The zero-order chi connectivity index (χ0) is 21.4. The molecule has 1 amide bonds. The lowest BCUT2D eigenvalue weighted by Crippen LogP contribution is -2.42. The monoisotopic (exact) mass is 443 g/mol. The molecule has 4 atom stereocenters.